The number of nitrogens with one attached hydrogen (secondary N) is 1. The molecule has 0 bridgehead atoms. The van der Waals surface area contributed by atoms with E-state index in [2.05, 4.69) is 29.3 Å². The molecule has 2 aliphatic rings. The second-order valence-corrected chi connectivity index (χ2v) is 5.69. The molecule has 0 aromatic heterocycles. The number of hydrogen-bond donors (Lipinski definition) is 1. The van der Waals surface area contributed by atoms with Crippen LogP contribution in [0.5, 0.6) is 0 Å². The highest BCUT2D eigenvalue weighted by molar-refractivity contribution is 6.30. The van der Waals surface area contributed by atoms with Crippen molar-refractivity contribution in [2.45, 2.75) is 19.4 Å². The van der Waals surface area contributed by atoms with Gasteiger partial charge < -0.3 is 5.32 Å². The van der Waals surface area contributed by atoms with Crippen LogP contribution in [-0.2, 0) is 6.42 Å². The number of fused-ring (bicyclic) bond motifs is 1. The summed E-state index contributed by atoms with van der Waals surface area (Å²) in [4.78, 5) is 2.61. The minimum Gasteiger partial charge on any atom is -0.314 e. The summed E-state index contributed by atoms with van der Waals surface area (Å²) < 4.78 is 0. The summed E-state index contributed by atoms with van der Waals surface area (Å²) in [5.74, 6) is 0.710. The second kappa shape index (κ2) is 4.60. The first-order chi connectivity index (χ1) is 8.25. The maximum atomic E-state index is 6.14. The van der Waals surface area contributed by atoms with Crippen LogP contribution in [0.1, 0.15) is 24.1 Å². The lowest BCUT2D eigenvalue weighted by atomic mass is 10.0. The third-order valence-electron chi connectivity index (χ3n) is 4.05. The molecule has 0 saturated carbocycles. The van der Waals surface area contributed by atoms with Gasteiger partial charge in [0.05, 0.1) is 0 Å². The Balaban J connectivity index is 1.92. The largest absolute Gasteiger partial charge is 0.314 e. The van der Waals surface area contributed by atoms with Gasteiger partial charge in [-0.15, -0.1) is 0 Å². The number of piperazine rings is 1. The van der Waals surface area contributed by atoms with E-state index in [1.165, 1.54) is 17.5 Å². The van der Waals surface area contributed by atoms with Gasteiger partial charge in [0.25, 0.3) is 0 Å². The number of hydrogen-bond acceptors (Lipinski definition) is 2. The van der Waals surface area contributed by atoms with Crippen LogP contribution in [0, 0.1) is 5.92 Å². The molecule has 0 radical (unpaired) electrons. The van der Waals surface area contributed by atoms with Gasteiger partial charge in [0.2, 0.25) is 0 Å². The Hall–Kier alpha value is -0.570. The lowest BCUT2D eigenvalue weighted by molar-refractivity contribution is 0.141. The first kappa shape index (κ1) is 11.5. The highest BCUT2D eigenvalue weighted by Crippen LogP contribution is 2.41. The minimum atomic E-state index is 0.575. The van der Waals surface area contributed by atoms with Crippen molar-refractivity contribution in [3.8, 4) is 0 Å². The van der Waals surface area contributed by atoms with E-state index in [0.29, 0.717) is 12.0 Å². The van der Waals surface area contributed by atoms with E-state index in [9.17, 15) is 0 Å². The Kier molecular flexibility index (Phi) is 3.12. The van der Waals surface area contributed by atoms with Crippen LogP contribution in [0.4, 0.5) is 0 Å². The van der Waals surface area contributed by atoms with Crippen molar-refractivity contribution >= 4 is 11.6 Å². The van der Waals surface area contributed by atoms with E-state index in [1.807, 2.05) is 6.07 Å². The first-order valence-corrected chi connectivity index (χ1v) is 6.86. The summed E-state index contributed by atoms with van der Waals surface area (Å²) in [5.41, 5.74) is 2.96. The number of nitrogens with zero attached hydrogens (tertiary/aromatic N) is 1. The van der Waals surface area contributed by atoms with Crippen LogP contribution in [0.25, 0.3) is 0 Å². The predicted molar refractivity (Wildman–Crippen MR) is 71.5 cm³/mol. The average Bonchev–Trinajstić information content (AvgIpc) is 2.65. The zero-order chi connectivity index (χ0) is 11.8. The normalized spacial score (nSPS) is 29.3. The smallest absolute Gasteiger partial charge is 0.0409 e. The van der Waals surface area contributed by atoms with Crippen LogP contribution in [-0.4, -0.2) is 31.1 Å². The summed E-state index contributed by atoms with van der Waals surface area (Å²) in [6, 6.07) is 6.97. The number of benzene rings is 1. The van der Waals surface area contributed by atoms with Gasteiger partial charge in [-0.25, -0.2) is 0 Å². The van der Waals surface area contributed by atoms with Crippen molar-refractivity contribution < 1.29 is 0 Å². The SMILES string of the molecule is CC1Cc2ccc(Cl)cc2C1N1CCNCC1. The molecule has 17 heavy (non-hydrogen) atoms. The molecule has 2 unspecified atom stereocenters. The fourth-order valence-corrected chi connectivity index (χ4v) is 3.49. The lowest BCUT2D eigenvalue weighted by Crippen LogP contribution is -2.45. The quantitative estimate of drug-likeness (QED) is 0.824. The molecular weight excluding hydrogens is 232 g/mol. The molecule has 1 N–H and O–H groups in total. The third-order valence-corrected chi connectivity index (χ3v) is 4.29. The van der Waals surface area contributed by atoms with Gasteiger partial charge >= 0.3 is 0 Å². The molecular formula is C14H19ClN2. The molecule has 92 valence electrons. The zero-order valence-electron chi connectivity index (χ0n) is 10.2. The molecule has 1 fully saturated rings. The third kappa shape index (κ3) is 2.10. The Labute approximate surface area is 108 Å². The van der Waals surface area contributed by atoms with Crippen LogP contribution in [0.3, 0.4) is 0 Å². The van der Waals surface area contributed by atoms with Crippen molar-refractivity contribution in [3.05, 3.63) is 34.3 Å². The van der Waals surface area contributed by atoms with E-state index in [0.717, 1.165) is 31.2 Å². The van der Waals surface area contributed by atoms with Gasteiger partial charge in [0.1, 0.15) is 0 Å². The fourth-order valence-electron chi connectivity index (χ4n) is 3.31. The minimum absolute atomic E-state index is 0.575. The summed E-state index contributed by atoms with van der Waals surface area (Å²) in [5, 5.41) is 4.29. The van der Waals surface area contributed by atoms with Gasteiger partial charge in [-0.05, 0) is 35.6 Å². The summed E-state index contributed by atoms with van der Waals surface area (Å²) in [7, 11) is 0. The van der Waals surface area contributed by atoms with Crippen LogP contribution in [0.2, 0.25) is 5.02 Å². The standard InChI is InChI=1S/C14H19ClN2/c1-10-8-11-2-3-12(15)9-13(11)14(10)17-6-4-16-5-7-17/h2-3,9-10,14,16H,4-8H2,1H3. The topological polar surface area (TPSA) is 15.3 Å². The van der Waals surface area contributed by atoms with Crippen LogP contribution in [0.15, 0.2) is 18.2 Å². The predicted octanol–water partition coefficient (Wildman–Crippen LogP) is 2.48. The highest BCUT2D eigenvalue weighted by atomic mass is 35.5. The second-order valence-electron chi connectivity index (χ2n) is 5.26. The van der Waals surface area contributed by atoms with Crippen molar-refractivity contribution in [1.82, 2.24) is 10.2 Å². The summed E-state index contributed by atoms with van der Waals surface area (Å²) in [6.45, 7) is 6.89. The maximum Gasteiger partial charge on any atom is 0.0409 e. The Bertz CT molecular complexity index is 413. The molecule has 1 aromatic carbocycles. The highest BCUT2D eigenvalue weighted by Gasteiger charge is 2.34. The van der Waals surface area contributed by atoms with Crippen molar-refractivity contribution in [2.24, 2.45) is 5.92 Å². The van der Waals surface area contributed by atoms with E-state index in [4.69, 9.17) is 11.6 Å². The molecule has 2 nitrogen and oxygen atoms in total. The summed E-state index contributed by atoms with van der Waals surface area (Å²) in [6.07, 6.45) is 1.20. The average molecular weight is 251 g/mol. The maximum absolute atomic E-state index is 6.14. The summed E-state index contributed by atoms with van der Waals surface area (Å²) >= 11 is 6.14. The van der Waals surface area contributed by atoms with Crippen LogP contribution < -0.4 is 5.32 Å². The molecule has 0 amide bonds. The van der Waals surface area contributed by atoms with Gasteiger partial charge in [0.15, 0.2) is 0 Å². The van der Waals surface area contributed by atoms with E-state index >= 15 is 0 Å². The Morgan fingerprint density at radius 2 is 2.06 bits per heavy atom. The van der Waals surface area contributed by atoms with Gasteiger partial charge in [-0.1, -0.05) is 24.6 Å². The molecule has 3 rings (SSSR count). The Morgan fingerprint density at radius 1 is 1.29 bits per heavy atom. The van der Waals surface area contributed by atoms with Crippen molar-refractivity contribution in [1.29, 1.82) is 0 Å². The van der Waals surface area contributed by atoms with Crippen LogP contribution >= 0.6 is 11.6 Å². The lowest BCUT2D eigenvalue weighted by Gasteiger charge is -2.35. The molecule has 3 heteroatoms. The van der Waals surface area contributed by atoms with E-state index < -0.39 is 0 Å². The van der Waals surface area contributed by atoms with E-state index in [1.54, 1.807) is 0 Å². The molecule has 1 aliphatic heterocycles. The molecule has 1 heterocycles. The first-order valence-electron chi connectivity index (χ1n) is 6.49. The van der Waals surface area contributed by atoms with Gasteiger partial charge in [-0.2, -0.15) is 0 Å². The van der Waals surface area contributed by atoms with Crippen molar-refractivity contribution in [3.63, 3.8) is 0 Å². The molecule has 2 atom stereocenters. The van der Waals surface area contributed by atoms with Gasteiger partial charge in [0, 0.05) is 37.2 Å². The van der Waals surface area contributed by atoms with Gasteiger partial charge in [-0.3, -0.25) is 4.90 Å². The molecule has 1 aromatic rings. The molecule has 1 saturated heterocycles. The van der Waals surface area contributed by atoms with E-state index in [-0.39, 0.29) is 0 Å². The molecule has 1 aliphatic carbocycles. The monoisotopic (exact) mass is 250 g/mol. The fraction of sp³-hybridized carbons (Fsp3) is 0.571. The number of rotatable bonds is 1. The Morgan fingerprint density at radius 3 is 2.82 bits per heavy atom. The zero-order valence-corrected chi connectivity index (χ0v) is 11.0. The number of halogens is 1. The molecule has 0 spiro atoms. The van der Waals surface area contributed by atoms with Crippen molar-refractivity contribution in [2.75, 3.05) is 26.2 Å².